The summed E-state index contributed by atoms with van der Waals surface area (Å²) in [4.78, 5) is 11.3. The summed E-state index contributed by atoms with van der Waals surface area (Å²) >= 11 is 4.03. The predicted molar refractivity (Wildman–Crippen MR) is 83.8 cm³/mol. The Balaban J connectivity index is 2.37. The van der Waals surface area contributed by atoms with Crippen LogP contribution in [0.1, 0.15) is 21.5 Å². The highest BCUT2D eigenvalue weighted by Crippen LogP contribution is 2.11. The number of benzene rings is 1. The zero-order valence-corrected chi connectivity index (χ0v) is 13.0. The Kier molecular flexibility index (Phi) is 5.12. The van der Waals surface area contributed by atoms with Crippen LogP contribution in [0.25, 0.3) is 0 Å². The van der Waals surface area contributed by atoms with Crippen molar-refractivity contribution in [2.45, 2.75) is 12.3 Å². The molecule has 6 nitrogen and oxygen atoms in total. The molecule has 1 amide bonds. The van der Waals surface area contributed by atoms with Gasteiger partial charge in [0.25, 0.3) is 5.91 Å². The summed E-state index contributed by atoms with van der Waals surface area (Å²) in [6.07, 6.45) is 1.53. The number of nitrogens with zero attached hydrogens (tertiary/aromatic N) is 1. The number of nitrogens with one attached hydrogen (secondary N) is 1. The topological polar surface area (TPSA) is 109 Å². The molecule has 1 atom stereocenters. The minimum absolute atomic E-state index is 0.0342. The van der Waals surface area contributed by atoms with Crippen LogP contribution in [0.3, 0.4) is 0 Å². The molecule has 1 aromatic heterocycles. The molecule has 0 aliphatic carbocycles. The van der Waals surface area contributed by atoms with E-state index in [1.807, 2.05) is 6.07 Å². The van der Waals surface area contributed by atoms with Crippen molar-refractivity contribution >= 4 is 28.6 Å². The highest BCUT2D eigenvalue weighted by Gasteiger charge is 2.09. The fourth-order valence-corrected chi connectivity index (χ4v) is 2.77. The molecule has 0 fully saturated rings. The lowest BCUT2D eigenvalue weighted by Crippen LogP contribution is -2.29. The molecule has 116 valence electrons. The van der Waals surface area contributed by atoms with Crippen molar-refractivity contribution in [3.05, 3.63) is 63.7 Å². The van der Waals surface area contributed by atoms with Crippen molar-refractivity contribution in [1.82, 2.24) is 4.57 Å². The van der Waals surface area contributed by atoms with Crippen LogP contribution in [-0.2, 0) is 23.4 Å². The van der Waals surface area contributed by atoms with E-state index in [0.717, 1.165) is 5.56 Å². The molecule has 0 saturated heterocycles. The molecule has 1 aromatic carbocycles. The number of aromatic nitrogens is 1. The standard InChI is InChI=1S/C14H14ClN3O3S/c15-11-5-12(14(17)19)13(16)18(7-11)6-9-2-1-3-10(4-9)8-22(20)21/h1-5,7,16H,6,8H2,(H2,17,19)(H,20,21). The summed E-state index contributed by atoms with van der Waals surface area (Å²) in [7, 11) is 0. The number of carbonyl (C=O) groups is 1. The molecule has 0 spiro atoms. The summed E-state index contributed by atoms with van der Waals surface area (Å²) < 4.78 is 21.3. The highest BCUT2D eigenvalue weighted by molar-refractivity contribution is 7.78. The first kappa shape index (κ1) is 16.4. The number of rotatable bonds is 5. The zero-order chi connectivity index (χ0) is 16.3. The number of nitrogens with two attached hydrogens (primary N) is 1. The maximum Gasteiger partial charge on any atom is 0.252 e. The van der Waals surface area contributed by atoms with Gasteiger partial charge in [0.1, 0.15) is 5.49 Å². The van der Waals surface area contributed by atoms with Crippen LogP contribution in [0.2, 0.25) is 5.02 Å². The normalized spacial score (nSPS) is 12.1. The average Bonchev–Trinajstić information content (AvgIpc) is 2.42. The van der Waals surface area contributed by atoms with Crippen molar-refractivity contribution in [3.63, 3.8) is 0 Å². The minimum Gasteiger partial charge on any atom is -0.365 e. The largest absolute Gasteiger partial charge is 0.365 e. The molecule has 2 aromatic rings. The fraction of sp³-hybridized carbons (Fsp3) is 0.143. The maximum atomic E-state index is 11.3. The van der Waals surface area contributed by atoms with Gasteiger partial charge in [-0.15, -0.1) is 0 Å². The quantitative estimate of drug-likeness (QED) is 0.718. The van der Waals surface area contributed by atoms with Crippen molar-refractivity contribution < 1.29 is 13.6 Å². The third-order valence-corrected chi connectivity index (χ3v) is 3.79. The van der Waals surface area contributed by atoms with Gasteiger partial charge in [0.15, 0.2) is 11.1 Å². The maximum absolute atomic E-state index is 11.3. The van der Waals surface area contributed by atoms with Gasteiger partial charge in [0.2, 0.25) is 0 Å². The predicted octanol–water partition coefficient (Wildman–Crippen LogP) is 1.49. The Morgan fingerprint density at radius 1 is 1.36 bits per heavy atom. The molecule has 2 rings (SSSR count). The molecule has 0 radical (unpaired) electrons. The SMILES string of the molecule is N=c1c(C(N)=O)cc(Cl)cn1Cc1cccc(CS(=O)O)c1. The van der Waals surface area contributed by atoms with E-state index >= 15 is 0 Å². The van der Waals surface area contributed by atoms with E-state index in [0.29, 0.717) is 17.1 Å². The lowest BCUT2D eigenvalue weighted by atomic mass is 10.1. The van der Waals surface area contributed by atoms with E-state index in [-0.39, 0.29) is 16.8 Å². The summed E-state index contributed by atoms with van der Waals surface area (Å²) in [5.74, 6) is -0.681. The van der Waals surface area contributed by atoms with Gasteiger partial charge in [0.05, 0.1) is 16.3 Å². The van der Waals surface area contributed by atoms with Gasteiger partial charge < -0.3 is 14.9 Å². The van der Waals surface area contributed by atoms with Gasteiger partial charge in [0, 0.05) is 12.7 Å². The number of halogens is 1. The molecule has 0 bridgehead atoms. The smallest absolute Gasteiger partial charge is 0.252 e. The zero-order valence-electron chi connectivity index (χ0n) is 11.5. The van der Waals surface area contributed by atoms with Crippen molar-refractivity contribution in [1.29, 1.82) is 5.41 Å². The van der Waals surface area contributed by atoms with E-state index in [2.05, 4.69) is 0 Å². The van der Waals surface area contributed by atoms with Crippen LogP contribution in [0.5, 0.6) is 0 Å². The molecule has 8 heteroatoms. The first-order chi connectivity index (χ1) is 10.4. The Hall–Kier alpha value is -1.96. The number of amides is 1. The Morgan fingerprint density at radius 2 is 2.05 bits per heavy atom. The lowest BCUT2D eigenvalue weighted by molar-refractivity contribution is 0.0997. The van der Waals surface area contributed by atoms with E-state index < -0.39 is 17.0 Å². The molecule has 1 unspecified atom stereocenters. The second kappa shape index (κ2) is 6.87. The summed E-state index contributed by atoms with van der Waals surface area (Å²) in [5, 5.41) is 8.31. The number of hydrogen-bond donors (Lipinski definition) is 3. The second-order valence-corrected chi connectivity index (χ2v) is 6.07. The fourth-order valence-electron chi connectivity index (χ4n) is 2.08. The van der Waals surface area contributed by atoms with Crippen LogP contribution >= 0.6 is 11.6 Å². The Labute approximate surface area is 134 Å². The van der Waals surface area contributed by atoms with E-state index in [9.17, 15) is 9.00 Å². The van der Waals surface area contributed by atoms with Crippen LogP contribution < -0.4 is 11.2 Å². The molecule has 0 aliphatic heterocycles. The van der Waals surface area contributed by atoms with Crippen molar-refractivity contribution in [2.24, 2.45) is 5.73 Å². The first-order valence-electron chi connectivity index (χ1n) is 6.26. The highest BCUT2D eigenvalue weighted by atomic mass is 35.5. The third kappa shape index (κ3) is 4.03. The number of primary amides is 1. The van der Waals surface area contributed by atoms with Gasteiger partial charge in [-0.3, -0.25) is 10.2 Å². The Bertz CT molecular complexity index is 804. The van der Waals surface area contributed by atoms with E-state index in [1.165, 1.54) is 16.8 Å². The van der Waals surface area contributed by atoms with Gasteiger partial charge in [-0.05, 0) is 17.2 Å². The van der Waals surface area contributed by atoms with Crippen molar-refractivity contribution in [3.8, 4) is 0 Å². The van der Waals surface area contributed by atoms with Crippen LogP contribution in [0.4, 0.5) is 0 Å². The van der Waals surface area contributed by atoms with E-state index in [1.54, 1.807) is 18.2 Å². The van der Waals surface area contributed by atoms with Gasteiger partial charge >= 0.3 is 0 Å². The molecule has 0 saturated carbocycles. The third-order valence-electron chi connectivity index (χ3n) is 3.00. The second-order valence-electron chi connectivity index (χ2n) is 4.70. The summed E-state index contributed by atoms with van der Waals surface area (Å²) in [6.45, 7) is 0.297. The molecule has 1 heterocycles. The molecule has 4 N–H and O–H groups in total. The van der Waals surface area contributed by atoms with Crippen LogP contribution in [-0.4, -0.2) is 19.2 Å². The molecule has 22 heavy (non-hydrogen) atoms. The van der Waals surface area contributed by atoms with E-state index in [4.69, 9.17) is 27.3 Å². The monoisotopic (exact) mass is 339 g/mol. The number of pyridine rings is 1. The number of hydrogen-bond acceptors (Lipinski definition) is 3. The average molecular weight is 340 g/mol. The Morgan fingerprint density at radius 3 is 2.68 bits per heavy atom. The molecule has 0 aliphatic rings. The lowest BCUT2D eigenvalue weighted by Gasteiger charge is -2.11. The summed E-state index contributed by atoms with van der Waals surface area (Å²) in [6, 6.07) is 8.46. The summed E-state index contributed by atoms with van der Waals surface area (Å²) in [5.41, 5.74) is 6.77. The number of carbonyl (C=O) groups excluding carboxylic acids is 1. The van der Waals surface area contributed by atoms with Gasteiger partial charge in [-0.25, -0.2) is 4.21 Å². The first-order valence-corrected chi connectivity index (χ1v) is 7.92. The molecular formula is C14H14ClN3O3S. The van der Waals surface area contributed by atoms with Gasteiger partial charge in [-0.1, -0.05) is 35.9 Å². The molecular weight excluding hydrogens is 326 g/mol. The van der Waals surface area contributed by atoms with Gasteiger partial charge in [-0.2, -0.15) is 0 Å². The van der Waals surface area contributed by atoms with Crippen LogP contribution in [0.15, 0.2) is 36.5 Å². The minimum atomic E-state index is -1.92. The van der Waals surface area contributed by atoms with Crippen LogP contribution in [0, 0.1) is 5.41 Å². The van der Waals surface area contributed by atoms with Crippen molar-refractivity contribution in [2.75, 3.05) is 0 Å².